The van der Waals surface area contributed by atoms with Crippen molar-refractivity contribution in [3.8, 4) is 6.07 Å². The number of rotatable bonds is 5. The molecule has 0 atom stereocenters. The maximum absolute atomic E-state index is 12.2. The van der Waals surface area contributed by atoms with Crippen molar-refractivity contribution < 1.29 is 8.42 Å². The average molecular weight is 300 g/mol. The van der Waals surface area contributed by atoms with Gasteiger partial charge >= 0.3 is 0 Å². The van der Waals surface area contributed by atoms with Crippen molar-refractivity contribution >= 4 is 15.7 Å². The van der Waals surface area contributed by atoms with Gasteiger partial charge in [-0.05, 0) is 41.8 Å². The lowest BCUT2D eigenvalue weighted by atomic mass is 10.2. The highest BCUT2D eigenvalue weighted by Gasteiger charge is 2.13. The molecule has 0 aliphatic carbocycles. The summed E-state index contributed by atoms with van der Waals surface area (Å²) in [5.41, 5.74) is 2.48. The largest absolute Gasteiger partial charge is 0.280 e. The van der Waals surface area contributed by atoms with E-state index in [4.69, 9.17) is 5.26 Å². The van der Waals surface area contributed by atoms with E-state index in [0.29, 0.717) is 5.69 Å². The molecule has 4 nitrogen and oxygen atoms in total. The first kappa shape index (κ1) is 15.1. The van der Waals surface area contributed by atoms with E-state index in [-0.39, 0.29) is 11.3 Å². The van der Waals surface area contributed by atoms with Crippen LogP contribution < -0.4 is 4.72 Å². The van der Waals surface area contributed by atoms with Crippen LogP contribution in [0.3, 0.4) is 0 Å². The third kappa shape index (κ3) is 3.83. The highest BCUT2D eigenvalue weighted by atomic mass is 32.2. The smallest absolute Gasteiger partial charge is 0.261 e. The van der Waals surface area contributed by atoms with E-state index in [1.165, 1.54) is 12.1 Å². The number of nitriles is 1. The minimum absolute atomic E-state index is 0.184. The molecular weight excluding hydrogens is 284 g/mol. The number of sulfonamides is 1. The Hall–Kier alpha value is -2.32. The van der Waals surface area contributed by atoms with Gasteiger partial charge in [0, 0.05) is 5.69 Å². The summed E-state index contributed by atoms with van der Waals surface area (Å²) < 4.78 is 27.0. The molecule has 2 aromatic carbocycles. The second-order valence-electron chi connectivity index (χ2n) is 4.63. The molecule has 0 bridgehead atoms. The van der Waals surface area contributed by atoms with Gasteiger partial charge in [0.15, 0.2) is 0 Å². The van der Waals surface area contributed by atoms with Gasteiger partial charge in [0.2, 0.25) is 0 Å². The number of hydrogen-bond donors (Lipinski definition) is 1. The lowest BCUT2D eigenvalue weighted by Crippen LogP contribution is -2.12. The van der Waals surface area contributed by atoms with Crippen LogP contribution in [0.15, 0.2) is 53.4 Å². The van der Waals surface area contributed by atoms with Crippen LogP contribution in [0.1, 0.15) is 18.1 Å². The van der Waals surface area contributed by atoms with Gasteiger partial charge in [-0.15, -0.1) is 0 Å². The van der Waals surface area contributed by atoms with E-state index < -0.39 is 10.0 Å². The Labute approximate surface area is 125 Å². The van der Waals surface area contributed by atoms with Crippen LogP contribution in [-0.2, 0) is 22.9 Å². The second kappa shape index (κ2) is 6.42. The van der Waals surface area contributed by atoms with Crippen molar-refractivity contribution in [2.45, 2.75) is 24.7 Å². The van der Waals surface area contributed by atoms with Crippen LogP contribution in [0.4, 0.5) is 5.69 Å². The van der Waals surface area contributed by atoms with E-state index in [9.17, 15) is 8.42 Å². The Kier molecular flexibility index (Phi) is 4.61. The van der Waals surface area contributed by atoms with Crippen LogP contribution in [0.5, 0.6) is 0 Å². The molecule has 2 aromatic rings. The quantitative estimate of drug-likeness (QED) is 0.922. The van der Waals surface area contributed by atoms with Crippen LogP contribution >= 0.6 is 0 Å². The Balaban J connectivity index is 2.19. The molecule has 1 N–H and O–H groups in total. The second-order valence-corrected chi connectivity index (χ2v) is 6.32. The Bertz CT molecular complexity index is 742. The third-order valence-corrected chi connectivity index (χ3v) is 4.53. The molecule has 0 fully saturated rings. The molecule has 0 saturated carbocycles. The number of aryl methyl sites for hydroxylation is 1. The first-order valence-electron chi connectivity index (χ1n) is 6.63. The fourth-order valence-electron chi connectivity index (χ4n) is 1.90. The molecule has 0 aliphatic heterocycles. The van der Waals surface area contributed by atoms with Gasteiger partial charge < -0.3 is 0 Å². The number of nitrogens with zero attached hydrogens (tertiary/aromatic N) is 1. The monoisotopic (exact) mass is 300 g/mol. The van der Waals surface area contributed by atoms with E-state index in [1.807, 2.05) is 25.1 Å². The number of anilines is 1. The summed E-state index contributed by atoms with van der Waals surface area (Å²) >= 11 is 0. The zero-order valence-corrected chi connectivity index (χ0v) is 12.5. The lowest BCUT2D eigenvalue weighted by molar-refractivity contribution is 0.601. The SMILES string of the molecule is CCc1ccc(NS(=O)(=O)c2ccc(CC#N)cc2)cc1. The molecule has 21 heavy (non-hydrogen) atoms. The zero-order valence-electron chi connectivity index (χ0n) is 11.7. The maximum Gasteiger partial charge on any atom is 0.261 e. The minimum atomic E-state index is -3.60. The fraction of sp³-hybridized carbons (Fsp3) is 0.188. The lowest BCUT2D eigenvalue weighted by Gasteiger charge is -2.09. The van der Waals surface area contributed by atoms with Crippen molar-refractivity contribution in [3.05, 3.63) is 59.7 Å². The van der Waals surface area contributed by atoms with Crippen LogP contribution in [-0.4, -0.2) is 8.42 Å². The Morgan fingerprint density at radius 1 is 1.00 bits per heavy atom. The highest BCUT2D eigenvalue weighted by molar-refractivity contribution is 7.92. The normalized spacial score (nSPS) is 10.9. The van der Waals surface area contributed by atoms with Crippen molar-refractivity contribution in [1.29, 1.82) is 5.26 Å². The Morgan fingerprint density at radius 2 is 1.57 bits per heavy atom. The van der Waals surface area contributed by atoms with Gasteiger partial charge in [0.1, 0.15) is 0 Å². The summed E-state index contributed by atoms with van der Waals surface area (Å²) in [6.45, 7) is 2.04. The minimum Gasteiger partial charge on any atom is -0.280 e. The van der Waals surface area contributed by atoms with Gasteiger partial charge in [-0.25, -0.2) is 8.42 Å². The fourth-order valence-corrected chi connectivity index (χ4v) is 2.96. The average Bonchev–Trinajstić information content (AvgIpc) is 2.48. The van der Waals surface area contributed by atoms with Crippen molar-refractivity contribution in [2.24, 2.45) is 0 Å². The molecule has 0 amide bonds. The van der Waals surface area contributed by atoms with Crippen LogP contribution in [0, 0.1) is 11.3 Å². The summed E-state index contributed by atoms with van der Waals surface area (Å²) in [5, 5.41) is 8.61. The number of benzene rings is 2. The van der Waals surface area contributed by atoms with Gasteiger partial charge in [0.05, 0.1) is 17.4 Å². The summed E-state index contributed by atoms with van der Waals surface area (Å²) in [6.07, 6.45) is 1.18. The van der Waals surface area contributed by atoms with Crippen molar-refractivity contribution in [3.63, 3.8) is 0 Å². The summed E-state index contributed by atoms with van der Waals surface area (Å²) in [4.78, 5) is 0.184. The molecule has 5 heteroatoms. The van der Waals surface area contributed by atoms with Gasteiger partial charge in [-0.3, -0.25) is 4.72 Å². The molecular formula is C16H16N2O2S. The summed E-state index contributed by atoms with van der Waals surface area (Å²) in [6, 6.07) is 15.6. The number of nitrogens with one attached hydrogen (secondary N) is 1. The summed E-state index contributed by atoms with van der Waals surface area (Å²) in [7, 11) is -3.60. The first-order chi connectivity index (χ1) is 10.0. The van der Waals surface area contributed by atoms with E-state index in [2.05, 4.69) is 4.72 Å². The molecule has 0 radical (unpaired) electrons. The van der Waals surface area contributed by atoms with E-state index >= 15 is 0 Å². The standard InChI is InChI=1S/C16H16N2O2S/c1-2-13-3-7-15(8-4-13)18-21(19,20)16-9-5-14(6-10-16)11-12-17/h3-10,18H,2,11H2,1H3. The predicted octanol–water partition coefficient (Wildman–Crippen LogP) is 3.12. The van der Waals surface area contributed by atoms with Crippen molar-refractivity contribution in [1.82, 2.24) is 0 Å². The Morgan fingerprint density at radius 3 is 2.10 bits per heavy atom. The van der Waals surface area contributed by atoms with E-state index in [1.54, 1.807) is 24.3 Å². The zero-order chi connectivity index (χ0) is 15.3. The van der Waals surface area contributed by atoms with E-state index in [0.717, 1.165) is 17.5 Å². The molecule has 0 aromatic heterocycles. The first-order valence-corrected chi connectivity index (χ1v) is 8.11. The van der Waals surface area contributed by atoms with Crippen molar-refractivity contribution in [2.75, 3.05) is 4.72 Å². The molecule has 0 spiro atoms. The summed E-state index contributed by atoms with van der Waals surface area (Å²) in [5.74, 6) is 0. The van der Waals surface area contributed by atoms with Crippen LogP contribution in [0.2, 0.25) is 0 Å². The van der Waals surface area contributed by atoms with Gasteiger partial charge in [-0.1, -0.05) is 31.2 Å². The number of hydrogen-bond acceptors (Lipinski definition) is 3. The maximum atomic E-state index is 12.2. The molecule has 108 valence electrons. The third-order valence-electron chi connectivity index (χ3n) is 3.13. The molecule has 0 heterocycles. The molecule has 2 rings (SSSR count). The van der Waals surface area contributed by atoms with Crippen LogP contribution in [0.25, 0.3) is 0 Å². The molecule has 0 unspecified atom stereocenters. The van der Waals surface area contributed by atoms with Gasteiger partial charge in [0.25, 0.3) is 10.0 Å². The molecule has 0 aliphatic rings. The highest BCUT2D eigenvalue weighted by Crippen LogP contribution is 2.17. The topological polar surface area (TPSA) is 70.0 Å². The predicted molar refractivity (Wildman–Crippen MR) is 82.4 cm³/mol. The molecule has 0 saturated heterocycles. The van der Waals surface area contributed by atoms with Gasteiger partial charge in [-0.2, -0.15) is 5.26 Å².